The summed E-state index contributed by atoms with van der Waals surface area (Å²) in [5, 5.41) is 2.55. The lowest BCUT2D eigenvalue weighted by molar-refractivity contribution is 0.0949. The molecule has 0 saturated carbocycles. The van der Waals surface area contributed by atoms with Crippen LogP contribution in [0.1, 0.15) is 10.4 Å². The normalized spacial score (nSPS) is 10.5. The van der Waals surface area contributed by atoms with E-state index in [0.29, 0.717) is 5.69 Å². The summed E-state index contributed by atoms with van der Waals surface area (Å²) in [5.41, 5.74) is -1.46. The molecule has 0 aliphatic heterocycles. The second-order valence-electron chi connectivity index (χ2n) is 5.35. The van der Waals surface area contributed by atoms with Gasteiger partial charge in [0.2, 0.25) is 0 Å². The number of nitrogens with zero attached hydrogens (tertiary/aromatic N) is 3. The second kappa shape index (κ2) is 7.43. The van der Waals surface area contributed by atoms with E-state index < -0.39 is 17.2 Å². The van der Waals surface area contributed by atoms with Crippen LogP contribution in [0.5, 0.6) is 0 Å². The Balaban J connectivity index is 1.80. The first kappa shape index (κ1) is 17.1. The van der Waals surface area contributed by atoms with Gasteiger partial charge >= 0.3 is 5.69 Å². The van der Waals surface area contributed by atoms with E-state index >= 15 is 0 Å². The summed E-state index contributed by atoms with van der Waals surface area (Å²) >= 11 is 0. The number of hydrogen-bond donors (Lipinski definition) is 2. The quantitative estimate of drug-likeness (QED) is 0.642. The van der Waals surface area contributed by atoms with Crippen LogP contribution in [0, 0.1) is 0 Å². The molecule has 26 heavy (non-hydrogen) atoms. The van der Waals surface area contributed by atoms with E-state index in [1.54, 1.807) is 30.3 Å². The molecule has 0 aliphatic rings. The van der Waals surface area contributed by atoms with Crippen molar-refractivity contribution < 1.29 is 4.79 Å². The number of hydrogen-bond acceptors (Lipinski definition) is 5. The van der Waals surface area contributed by atoms with Crippen molar-refractivity contribution in [2.24, 2.45) is 0 Å². The fourth-order valence-electron chi connectivity index (χ4n) is 2.38. The third kappa shape index (κ3) is 3.51. The van der Waals surface area contributed by atoms with Gasteiger partial charge in [-0.15, -0.1) is 0 Å². The lowest BCUT2D eigenvalue weighted by atomic mass is 10.2. The number of H-pyrrole nitrogens is 1. The molecule has 0 bridgehead atoms. The van der Waals surface area contributed by atoms with Crippen LogP contribution in [0.25, 0.3) is 5.69 Å². The average Bonchev–Trinajstić information content (AvgIpc) is 2.64. The van der Waals surface area contributed by atoms with Gasteiger partial charge in [-0.1, -0.05) is 18.2 Å². The molecule has 0 unspecified atom stereocenters. The van der Waals surface area contributed by atoms with Crippen molar-refractivity contribution >= 4 is 5.91 Å². The predicted octanol–water partition coefficient (Wildman–Crippen LogP) is -0.487. The summed E-state index contributed by atoms with van der Waals surface area (Å²) in [7, 11) is 0. The number of carbonyl (C=O) groups is 1. The Morgan fingerprint density at radius 1 is 1.12 bits per heavy atom. The van der Waals surface area contributed by atoms with Crippen molar-refractivity contribution in [2.45, 2.75) is 6.54 Å². The van der Waals surface area contributed by atoms with Gasteiger partial charge in [0, 0.05) is 31.5 Å². The molecule has 0 saturated heterocycles. The van der Waals surface area contributed by atoms with Crippen LogP contribution < -0.4 is 22.1 Å². The summed E-state index contributed by atoms with van der Waals surface area (Å²) in [6.45, 7) is 0.322. The highest BCUT2D eigenvalue weighted by Crippen LogP contribution is 2.01. The molecular formula is C17H15N5O4. The van der Waals surface area contributed by atoms with Crippen LogP contribution in [-0.2, 0) is 6.54 Å². The molecule has 3 aromatic rings. The molecule has 2 N–H and O–H groups in total. The van der Waals surface area contributed by atoms with Gasteiger partial charge in [0.05, 0.1) is 12.0 Å². The van der Waals surface area contributed by atoms with Crippen LogP contribution in [0.15, 0.2) is 69.5 Å². The topological polar surface area (TPSA) is 119 Å². The Morgan fingerprint density at radius 2 is 1.88 bits per heavy atom. The maximum absolute atomic E-state index is 12.5. The Labute approximate surface area is 146 Å². The Kier molecular flexibility index (Phi) is 4.88. The molecule has 9 nitrogen and oxygen atoms in total. The number of benzene rings is 1. The van der Waals surface area contributed by atoms with Crippen molar-refractivity contribution in [3.63, 3.8) is 0 Å². The lowest BCUT2D eigenvalue weighted by Gasteiger charge is -2.08. The van der Waals surface area contributed by atoms with E-state index in [1.165, 1.54) is 23.2 Å². The van der Waals surface area contributed by atoms with Crippen molar-refractivity contribution in [1.82, 2.24) is 24.4 Å². The first-order valence-electron chi connectivity index (χ1n) is 7.77. The third-order valence-electron chi connectivity index (χ3n) is 3.67. The predicted molar refractivity (Wildman–Crippen MR) is 93.5 cm³/mol. The highest BCUT2D eigenvalue weighted by molar-refractivity contribution is 5.93. The number of nitrogens with one attached hydrogen (secondary N) is 2. The number of amides is 1. The molecule has 9 heteroatoms. The molecule has 132 valence electrons. The van der Waals surface area contributed by atoms with Crippen molar-refractivity contribution in [3.8, 4) is 5.69 Å². The van der Waals surface area contributed by atoms with Gasteiger partial charge < -0.3 is 10.3 Å². The first-order valence-corrected chi connectivity index (χ1v) is 7.77. The van der Waals surface area contributed by atoms with E-state index in [-0.39, 0.29) is 24.2 Å². The van der Waals surface area contributed by atoms with E-state index in [0.717, 1.165) is 10.8 Å². The Bertz CT molecular complexity index is 1100. The molecule has 1 aromatic carbocycles. The molecule has 1 amide bonds. The maximum Gasteiger partial charge on any atom is 0.333 e. The second-order valence-corrected chi connectivity index (χ2v) is 5.35. The molecule has 0 aliphatic carbocycles. The number of para-hydroxylation sites is 1. The van der Waals surface area contributed by atoms with E-state index in [4.69, 9.17) is 0 Å². The molecule has 2 heterocycles. The van der Waals surface area contributed by atoms with E-state index in [1.807, 2.05) is 0 Å². The van der Waals surface area contributed by atoms with Gasteiger partial charge in [0.1, 0.15) is 5.56 Å². The van der Waals surface area contributed by atoms with Crippen LogP contribution in [0.3, 0.4) is 0 Å². The number of aromatic nitrogens is 4. The van der Waals surface area contributed by atoms with Crippen molar-refractivity contribution in [3.05, 3.63) is 91.9 Å². The largest absolute Gasteiger partial charge is 0.350 e. The van der Waals surface area contributed by atoms with Gasteiger partial charge in [-0.2, -0.15) is 0 Å². The fourth-order valence-corrected chi connectivity index (χ4v) is 2.38. The van der Waals surface area contributed by atoms with E-state index in [9.17, 15) is 19.2 Å². The minimum absolute atomic E-state index is 0.119. The van der Waals surface area contributed by atoms with Crippen LogP contribution in [0.4, 0.5) is 0 Å². The highest BCUT2D eigenvalue weighted by Gasteiger charge is 2.15. The molecule has 0 fully saturated rings. The number of aromatic amines is 1. The molecule has 0 spiro atoms. The molecule has 0 radical (unpaired) electrons. The van der Waals surface area contributed by atoms with Crippen molar-refractivity contribution in [1.29, 1.82) is 0 Å². The van der Waals surface area contributed by atoms with Gasteiger partial charge in [0.15, 0.2) is 0 Å². The summed E-state index contributed by atoms with van der Waals surface area (Å²) in [5.74, 6) is -0.645. The van der Waals surface area contributed by atoms with Crippen molar-refractivity contribution in [2.75, 3.05) is 6.54 Å². The molecule has 0 atom stereocenters. The minimum Gasteiger partial charge on any atom is -0.350 e. The zero-order valence-electron chi connectivity index (χ0n) is 13.6. The zero-order valence-corrected chi connectivity index (χ0v) is 13.6. The zero-order chi connectivity index (χ0) is 18.5. The highest BCUT2D eigenvalue weighted by atomic mass is 16.2. The van der Waals surface area contributed by atoms with Gasteiger partial charge in [-0.05, 0) is 12.1 Å². The SMILES string of the molecule is O=C(NCCn1cnccc1=O)c1c[nH]c(=O)n(-c2ccccc2)c1=O. The minimum atomic E-state index is -0.726. The number of rotatable bonds is 5. The molecule has 3 rings (SSSR count). The van der Waals surface area contributed by atoms with Crippen LogP contribution >= 0.6 is 0 Å². The smallest absolute Gasteiger partial charge is 0.333 e. The maximum atomic E-state index is 12.5. The fraction of sp³-hybridized carbons (Fsp3) is 0.118. The lowest BCUT2D eigenvalue weighted by Crippen LogP contribution is -2.40. The summed E-state index contributed by atoms with van der Waals surface area (Å²) in [4.78, 5) is 54.6. The van der Waals surface area contributed by atoms with E-state index in [2.05, 4.69) is 15.3 Å². The van der Waals surface area contributed by atoms with Crippen LogP contribution in [0.2, 0.25) is 0 Å². The Hall–Kier alpha value is -3.75. The summed E-state index contributed by atoms with van der Waals surface area (Å²) < 4.78 is 2.22. The van der Waals surface area contributed by atoms with Gasteiger partial charge in [-0.25, -0.2) is 14.3 Å². The Morgan fingerprint density at radius 3 is 2.62 bits per heavy atom. The number of carbonyl (C=O) groups excluding carboxylic acids is 1. The first-order chi connectivity index (χ1) is 12.6. The molecule has 2 aromatic heterocycles. The molecular weight excluding hydrogens is 338 g/mol. The summed E-state index contributed by atoms with van der Waals surface area (Å²) in [6.07, 6.45) is 3.82. The summed E-state index contributed by atoms with van der Waals surface area (Å²) in [6, 6.07) is 9.60. The van der Waals surface area contributed by atoms with Gasteiger partial charge in [-0.3, -0.25) is 19.0 Å². The third-order valence-corrected chi connectivity index (χ3v) is 3.67. The standard InChI is InChI=1S/C17H15N5O4/c23-14-6-7-18-11-21(14)9-8-19-15(24)13-10-20-17(26)22(16(13)25)12-4-2-1-3-5-12/h1-7,10-11H,8-9H2,(H,19,24)(H,20,26). The van der Waals surface area contributed by atoms with Gasteiger partial charge in [0.25, 0.3) is 17.0 Å². The monoisotopic (exact) mass is 353 g/mol. The van der Waals surface area contributed by atoms with Crippen LogP contribution in [-0.4, -0.2) is 31.6 Å². The average molecular weight is 353 g/mol.